The van der Waals surface area contributed by atoms with E-state index in [-0.39, 0.29) is 6.04 Å². The fourth-order valence-corrected chi connectivity index (χ4v) is 4.15. The third-order valence-corrected chi connectivity index (χ3v) is 5.87. The molecule has 1 atom stereocenters. The normalized spacial score (nSPS) is 12.9. The van der Waals surface area contributed by atoms with E-state index in [1.165, 1.54) is 25.4 Å². The predicted molar refractivity (Wildman–Crippen MR) is 89.8 cm³/mol. The number of furan rings is 1. The second-order valence-corrected chi connectivity index (χ2v) is 7.65. The molecule has 2 aromatic rings. The van der Waals surface area contributed by atoms with Crippen molar-refractivity contribution >= 4 is 27.3 Å². The standard InChI is InChI=1S/C16H22BrNOS/c1-6-7-18-15(13-8-9(2)16(17)20-13)14-10(3)11(4)19-12(14)5/h8,15,18H,6-7H2,1-5H3. The average molecular weight is 356 g/mol. The molecule has 0 aliphatic heterocycles. The summed E-state index contributed by atoms with van der Waals surface area (Å²) in [5.74, 6) is 2.05. The lowest BCUT2D eigenvalue weighted by Crippen LogP contribution is -2.23. The minimum Gasteiger partial charge on any atom is -0.466 e. The Morgan fingerprint density at radius 1 is 1.25 bits per heavy atom. The number of thiophene rings is 1. The molecule has 1 N–H and O–H groups in total. The molecule has 0 amide bonds. The summed E-state index contributed by atoms with van der Waals surface area (Å²) in [7, 11) is 0. The van der Waals surface area contributed by atoms with Crippen LogP contribution in [0.5, 0.6) is 0 Å². The van der Waals surface area contributed by atoms with E-state index in [2.05, 4.69) is 55.0 Å². The van der Waals surface area contributed by atoms with Crippen LogP contribution in [0.4, 0.5) is 0 Å². The molecule has 0 bridgehead atoms. The highest BCUT2D eigenvalue weighted by molar-refractivity contribution is 9.11. The van der Waals surface area contributed by atoms with Gasteiger partial charge in [-0.25, -0.2) is 0 Å². The lowest BCUT2D eigenvalue weighted by atomic mass is 10.0. The molecule has 0 aromatic carbocycles. The average Bonchev–Trinajstić information content (AvgIpc) is 2.84. The van der Waals surface area contributed by atoms with Crippen LogP contribution in [0.2, 0.25) is 0 Å². The van der Waals surface area contributed by atoms with Crippen molar-refractivity contribution in [1.82, 2.24) is 5.32 Å². The Balaban J connectivity index is 2.46. The summed E-state index contributed by atoms with van der Waals surface area (Å²) in [6.07, 6.45) is 1.12. The van der Waals surface area contributed by atoms with Gasteiger partial charge in [-0.15, -0.1) is 11.3 Å². The van der Waals surface area contributed by atoms with E-state index in [9.17, 15) is 0 Å². The Morgan fingerprint density at radius 2 is 1.95 bits per heavy atom. The van der Waals surface area contributed by atoms with Crippen molar-refractivity contribution in [2.45, 2.75) is 47.1 Å². The summed E-state index contributed by atoms with van der Waals surface area (Å²) in [6.45, 7) is 11.6. The highest BCUT2D eigenvalue weighted by Gasteiger charge is 2.24. The van der Waals surface area contributed by atoms with Crippen molar-refractivity contribution in [3.63, 3.8) is 0 Å². The van der Waals surface area contributed by atoms with Gasteiger partial charge in [0.25, 0.3) is 0 Å². The molecule has 4 heteroatoms. The maximum atomic E-state index is 5.82. The molecule has 20 heavy (non-hydrogen) atoms. The third kappa shape index (κ3) is 3.02. The first kappa shape index (κ1) is 15.8. The van der Waals surface area contributed by atoms with Crippen LogP contribution in [0, 0.1) is 27.7 Å². The molecule has 2 nitrogen and oxygen atoms in total. The second kappa shape index (κ2) is 6.46. The van der Waals surface area contributed by atoms with Crippen molar-refractivity contribution in [1.29, 1.82) is 0 Å². The minimum atomic E-state index is 0.224. The second-order valence-electron chi connectivity index (χ2n) is 5.25. The van der Waals surface area contributed by atoms with Crippen molar-refractivity contribution in [3.05, 3.63) is 42.9 Å². The molecule has 1 unspecified atom stereocenters. The van der Waals surface area contributed by atoms with Crippen LogP contribution in [0.1, 0.15) is 52.5 Å². The van der Waals surface area contributed by atoms with Gasteiger partial charge >= 0.3 is 0 Å². The highest BCUT2D eigenvalue weighted by atomic mass is 79.9. The Bertz CT molecular complexity index is 580. The summed E-state index contributed by atoms with van der Waals surface area (Å²) in [5, 5.41) is 3.67. The Morgan fingerprint density at radius 3 is 2.40 bits per heavy atom. The molecule has 2 rings (SSSR count). The zero-order valence-corrected chi connectivity index (χ0v) is 15.2. The summed E-state index contributed by atoms with van der Waals surface area (Å²) in [6, 6.07) is 2.49. The van der Waals surface area contributed by atoms with Gasteiger partial charge < -0.3 is 9.73 Å². The van der Waals surface area contributed by atoms with Crippen molar-refractivity contribution in [2.24, 2.45) is 0 Å². The predicted octanol–water partition coefficient (Wildman–Crippen LogP) is 5.43. The van der Waals surface area contributed by atoms with E-state index >= 15 is 0 Å². The Labute approximate surface area is 133 Å². The quantitative estimate of drug-likeness (QED) is 0.773. The Hall–Kier alpha value is -0.580. The lowest BCUT2D eigenvalue weighted by Gasteiger charge is -2.18. The molecular weight excluding hydrogens is 334 g/mol. The van der Waals surface area contributed by atoms with Crippen LogP contribution in [-0.2, 0) is 0 Å². The first-order valence-corrected chi connectivity index (χ1v) is 8.62. The van der Waals surface area contributed by atoms with Gasteiger partial charge in [-0.2, -0.15) is 0 Å². The van der Waals surface area contributed by atoms with Gasteiger partial charge in [-0.1, -0.05) is 6.92 Å². The number of aryl methyl sites for hydroxylation is 3. The van der Waals surface area contributed by atoms with Crippen LogP contribution in [0.15, 0.2) is 14.3 Å². The summed E-state index contributed by atoms with van der Waals surface area (Å²) in [4.78, 5) is 1.34. The lowest BCUT2D eigenvalue weighted by molar-refractivity contribution is 0.493. The summed E-state index contributed by atoms with van der Waals surface area (Å²) < 4.78 is 7.03. The molecule has 0 radical (unpaired) electrons. The molecular formula is C16H22BrNOS. The fraction of sp³-hybridized carbons (Fsp3) is 0.500. The zero-order chi connectivity index (χ0) is 14.9. The molecule has 0 aliphatic rings. The van der Waals surface area contributed by atoms with Gasteiger partial charge in [0.05, 0.1) is 9.83 Å². The number of nitrogens with one attached hydrogen (secondary N) is 1. The van der Waals surface area contributed by atoms with E-state index in [4.69, 9.17) is 4.42 Å². The van der Waals surface area contributed by atoms with Gasteiger partial charge in [0, 0.05) is 10.4 Å². The minimum absolute atomic E-state index is 0.224. The van der Waals surface area contributed by atoms with Crippen LogP contribution in [-0.4, -0.2) is 6.54 Å². The molecule has 0 spiro atoms. The number of hydrogen-bond acceptors (Lipinski definition) is 3. The summed E-state index contributed by atoms with van der Waals surface area (Å²) >= 11 is 5.44. The van der Waals surface area contributed by atoms with Crippen LogP contribution < -0.4 is 5.32 Å². The van der Waals surface area contributed by atoms with E-state index in [0.29, 0.717) is 0 Å². The number of halogens is 1. The van der Waals surface area contributed by atoms with E-state index in [0.717, 1.165) is 24.5 Å². The molecule has 0 saturated heterocycles. The van der Waals surface area contributed by atoms with E-state index < -0.39 is 0 Å². The fourth-order valence-electron chi connectivity index (χ4n) is 2.49. The molecule has 0 fully saturated rings. The maximum Gasteiger partial charge on any atom is 0.106 e. The van der Waals surface area contributed by atoms with Crippen molar-refractivity contribution in [3.8, 4) is 0 Å². The van der Waals surface area contributed by atoms with Gasteiger partial charge in [0.2, 0.25) is 0 Å². The van der Waals surface area contributed by atoms with Gasteiger partial charge in [-0.05, 0) is 73.8 Å². The number of hydrogen-bond donors (Lipinski definition) is 1. The molecule has 0 aliphatic carbocycles. The van der Waals surface area contributed by atoms with Gasteiger partial charge in [0.1, 0.15) is 11.5 Å². The van der Waals surface area contributed by atoms with Crippen LogP contribution >= 0.6 is 27.3 Å². The number of rotatable bonds is 5. The monoisotopic (exact) mass is 355 g/mol. The molecule has 2 heterocycles. The molecule has 0 saturated carbocycles. The zero-order valence-electron chi connectivity index (χ0n) is 12.8. The maximum absolute atomic E-state index is 5.82. The van der Waals surface area contributed by atoms with E-state index in [1.54, 1.807) is 11.3 Å². The third-order valence-electron chi connectivity index (χ3n) is 3.67. The van der Waals surface area contributed by atoms with Gasteiger partial charge in [-0.3, -0.25) is 0 Å². The topological polar surface area (TPSA) is 25.2 Å². The Kier molecular flexibility index (Phi) is 5.10. The SMILES string of the molecule is CCCNC(c1cc(C)c(Br)s1)c1c(C)oc(C)c1C. The van der Waals surface area contributed by atoms with Crippen molar-refractivity contribution < 1.29 is 4.42 Å². The smallest absolute Gasteiger partial charge is 0.106 e. The van der Waals surface area contributed by atoms with Gasteiger partial charge in [0.15, 0.2) is 0 Å². The van der Waals surface area contributed by atoms with Crippen LogP contribution in [0.3, 0.4) is 0 Å². The summed E-state index contributed by atoms with van der Waals surface area (Å²) in [5.41, 5.74) is 3.85. The van der Waals surface area contributed by atoms with Crippen LogP contribution in [0.25, 0.3) is 0 Å². The molecule has 2 aromatic heterocycles. The van der Waals surface area contributed by atoms with Crippen molar-refractivity contribution in [2.75, 3.05) is 6.54 Å². The molecule has 110 valence electrons. The van der Waals surface area contributed by atoms with E-state index in [1.807, 2.05) is 6.92 Å². The largest absolute Gasteiger partial charge is 0.466 e. The first-order valence-electron chi connectivity index (χ1n) is 7.01. The highest BCUT2D eigenvalue weighted by Crippen LogP contribution is 2.37. The first-order chi connectivity index (χ1) is 9.45.